The number of likely N-dealkylation sites (tertiary alicyclic amines) is 1. The Bertz CT molecular complexity index is 571. The van der Waals surface area contributed by atoms with Crippen molar-refractivity contribution in [1.82, 2.24) is 20.0 Å². The lowest BCUT2D eigenvalue weighted by Gasteiger charge is -2.50. The Balaban J connectivity index is 1.78. The lowest BCUT2D eigenvalue weighted by Crippen LogP contribution is -2.62. The zero-order valence-corrected chi connectivity index (χ0v) is 14.2. The van der Waals surface area contributed by atoms with Gasteiger partial charge in [0.05, 0.1) is 18.4 Å². The molecule has 2 saturated heterocycles. The van der Waals surface area contributed by atoms with Crippen LogP contribution in [0.4, 0.5) is 0 Å². The van der Waals surface area contributed by atoms with Crippen LogP contribution in [0.5, 0.6) is 0 Å². The smallest absolute Gasteiger partial charge is 0.257 e. The Labute approximate surface area is 137 Å². The summed E-state index contributed by atoms with van der Waals surface area (Å²) in [6, 6.07) is 0.328. The van der Waals surface area contributed by atoms with Crippen LogP contribution in [0.25, 0.3) is 0 Å². The van der Waals surface area contributed by atoms with E-state index in [2.05, 4.69) is 17.3 Å². The molecule has 6 nitrogen and oxygen atoms in total. The molecule has 23 heavy (non-hydrogen) atoms. The molecule has 2 aliphatic rings. The minimum absolute atomic E-state index is 0.0571. The summed E-state index contributed by atoms with van der Waals surface area (Å²) in [6.07, 6.45) is 5.66. The molecule has 128 valence electrons. The van der Waals surface area contributed by atoms with E-state index < -0.39 is 0 Å². The summed E-state index contributed by atoms with van der Waals surface area (Å²) in [5, 5.41) is 17.9. The first-order chi connectivity index (χ1) is 11.1. The molecule has 0 aliphatic carbocycles. The summed E-state index contributed by atoms with van der Waals surface area (Å²) in [4.78, 5) is 14.9. The molecule has 0 unspecified atom stereocenters. The van der Waals surface area contributed by atoms with E-state index >= 15 is 0 Å². The zero-order chi connectivity index (χ0) is 16.4. The van der Waals surface area contributed by atoms with Gasteiger partial charge in [-0.3, -0.25) is 9.48 Å². The number of carbonyl (C=O) groups is 1. The number of amides is 1. The van der Waals surface area contributed by atoms with Crippen molar-refractivity contribution in [3.63, 3.8) is 0 Å². The predicted octanol–water partition coefficient (Wildman–Crippen LogP) is 1.18. The molecule has 0 bridgehead atoms. The number of rotatable bonds is 4. The van der Waals surface area contributed by atoms with E-state index in [-0.39, 0.29) is 17.9 Å². The van der Waals surface area contributed by atoms with Crippen LogP contribution in [0.2, 0.25) is 0 Å². The molecule has 3 heterocycles. The quantitative estimate of drug-likeness (QED) is 0.874. The van der Waals surface area contributed by atoms with Crippen molar-refractivity contribution in [2.24, 2.45) is 5.41 Å². The van der Waals surface area contributed by atoms with Crippen LogP contribution in [0.15, 0.2) is 6.20 Å². The lowest BCUT2D eigenvalue weighted by atomic mass is 9.70. The number of aliphatic hydroxyl groups excluding tert-OH is 1. The molecule has 0 radical (unpaired) electrons. The van der Waals surface area contributed by atoms with Gasteiger partial charge in [0.15, 0.2) is 0 Å². The second kappa shape index (κ2) is 6.61. The number of aromatic nitrogens is 2. The first kappa shape index (κ1) is 16.5. The molecule has 3 rings (SSSR count). The number of nitrogens with zero attached hydrogens (tertiary/aromatic N) is 3. The van der Waals surface area contributed by atoms with Crippen molar-refractivity contribution in [2.45, 2.75) is 52.1 Å². The van der Waals surface area contributed by atoms with Crippen molar-refractivity contribution in [3.05, 3.63) is 17.5 Å². The highest BCUT2D eigenvalue weighted by atomic mass is 16.3. The molecular formula is C17H28N4O2. The molecule has 0 spiro atoms. The highest BCUT2D eigenvalue weighted by Crippen LogP contribution is 2.37. The van der Waals surface area contributed by atoms with Crippen molar-refractivity contribution >= 4 is 5.91 Å². The Kier molecular flexibility index (Phi) is 4.73. The van der Waals surface area contributed by atoms with Crippen LogP contribution in [0.1, 0.15) is 48.7 Å². The fraction of sp³-hybridized carbons (Fsp3) is 0.765. The van der Waals surface area contributed by atoms with Gasteiger partial charge in [0.1, 0.15) is 0 Å². The van der Waals surface area contributed by atoms with E-state index in [0.717, 1.165) is 51.0 Å². The first-order valence-corrected chi connectivity index (χ1v) is 8.77. The summed E-state index contributed by atoms with van der Waals surface area (Å²) >= 11 is 0. The molecule has 1 aromatic heterocycles. The highest BCUT2D eigenvalue weighted by molar-refractivity contribution is 5.95. The Morgan fingerprint density at radius 3 is 3.13 bits per heavy atom. The number of hydrogen-bond donors (Lipinski definition) is 2. The van der Waals surface area contributed by atoms with Gasteiger partial charge in [-0.2, -0.15) is 5.10 Å². The number of fused-ring (bicyclic) bond motifs is 1. The SMILES string of the molecule is CCCn1ncc(C(=O)N2CC[C@H]3NCCC[C@]3(CO)C2)c1C. The summed E-state index contributed by atoms with van der Waals surface area (Å²) in [6.45, 7) is 7.45. The van der Waals surface area contributed by atoms with E-state index in [0.29, 0.717) is 18.2 Å². The molecule has 1 amide bonds. The molecule has 2 fully saturated rings. The van der Waals surface area contributed by atoms with Gasteiger partial charge in [-0.15, -0.1) is 0 Å². The Morgan fingerprint density at radius 1 is 1.57 bits per heavy atom. The summed E-state index contributed by atoms with van der Waals surface area (Å²) in [5.74, 6) is 0.0571. The maximum atomic E-state index is 12.9. The van der Waals surface area contributed by atoms with Crippen molar-refractivity contribution in [1.29, 1.82) is 0 Å². The molecule has 6 heteroatoms. The monoisotopic (exact) mass is 320 g/mol. The molecule has 0 aromatic carbocycles. The fourth-order valence-corrected chi connectivity index (χ4v) is 4.13. The number of aryl methyl sites for hydroxylation is 1. The second-order valence-corrected chi connectivity index (χ2v) is 7.01. The molecule has 0 saturated carbocycles. The third-order valence-corrected chi connectivity index (χ3v) is 5.55. The van der Waals surface area contributed by atoms with Crippen molar-refractivity contribution in [3.8, 4) is 0 Å². The number of carbonyl (C=O) groups excluding carboxylic acids is 1. The molecule has 2 atom stereocenters. The molecular weight excluding hydrogens is 292 g/mol. The van der Waals surface area contributed by atoms with Crippen LogP contribution >= 0.6 is 0 Å². The molecule has 2 N–H and O–H groups in total. The topological polar surface area (TPSA) is 70.4 Å². The van der Waals surface area contributed by atoms with Gasteiger partial charge < -0.3 is 15.3 Å². The maximum Gasteiger partial charge on any atom is 0.257 e. The van der Waals surface area contributed by atoms with Gasteiger partial charge in [0.25, 0.3) is 5.91 Å². The van der Waals surface area contributed by atoms with E-state index in [1.807, 2.05) is 16.5 Å². The van der Waals surface area contributed by atoms with Crippen LogP contribution in [-0.4, -0.2) is 58.0 Å². The third-order valence-electron chi connectivity index (χ3n) is 5.55. The minimum Gasteiger partial charge on any atom is -0.396 e. The van der Waals surface area contributed by atoms with Gasteiger partial charge in [0, 0.05) is 36.8 Å². The van der Waals surface area contributed by atoms with Gasteiger partial charge in [-0.05, 0) is 39.2 Å². The number of piperidine rings is 2. The van der Waals surface area contributed by atoms with Gasteiger partial charge in [0.2, 0.25) is 0 Å². The Hall–Kier alpha value is -1.40. The number of aliphatic hydroxyl groups is 1. The van der Waals surface area contributed by atoms with E-state index in [1.54, 1.807) is 6.20 Å². The van der Waals surface area contributed by atoms with Crippen LogP contribution < -0.4 is 5.32 Å². The Morgan fingerprint density at radius 2 is 2.39 bits per heavy atom. The van der Waals surface area contributed by atoms with Crippen LogP contribution in [0, 0.1) is 12.3 Å². The summed E-state index contributed by atoms with van der Waals surface area (Å²) < 4.78 is 1.91. The van der Waals surface area contributed by atoms with E-state index in [9.17, 15) is 9.90 Å². The average molecular weight is 320 g/mol. The number of hydrogen-bond acceptors (Lipinski definition) is 4. The second-order valence-electron chi connectivity index (χ2n) is 7.01. The normalized spacial score (nSPS) is 27.8. The standard InChI is InChI=1S/C17H28N4O2/c1-3-8-21-13(2)14(10-19-21)16(23)20-9-5-15-17(11-20,12-22)6-4-7-18-15/h10,15,18,22H,3-9,11-12H2,1-2H3/t15-,17-/m1/s1. The van der Waals surface area contributed by atoms with Gasteiger partial charge in [-0.25, -0.2) is 0 Å². The fourth-order valence-electron chi connectivity index (χ4n) is 4.13. The minimum atomic E-state index is -0.181. The lowest BCUT2D eigenvalue weighted by molar-refractivity contribution is -0.0138. The molecule has 2 aliphatic heterocycles. The van der Waals surface area contributed by atoms with E-state index in [4.69, 9.17) is 0 Å². The summed E-state index contributed by atoms with van der Waals surface area (Å²) in [5.41, 5.74) is 1.46. The maximum absolute atomic E-state index is 12.9. The molecule has 1 aromatic rings. The third kappa shape index (κ3) is 2.90. The van der Waals surface area contributed by atoms with E-state index in [1.165, 1.54) is 0 Å². The van der Waals surface area contributed by atoms with Gasteiger partial charge in [-0.1, -0.05) is 6.92 Å². The van der Waals surface area contributed by atoms with Crippen molar-refractivity contribution < 1.29 is 9.90 Å². The van der Waals surface area contributed by atoms with Gasteiger partial charge >= 0.3 is 0 Å². The van der Waals surface area contributed by atoms with Crippen molar-refractivity contribution in [2.75, 3.05) is 26.2 Å². The largest absolute Gasteiger partial charge is 0.396 e. The predicted molar refractivity (Wildman–Crippen MR) is 88.3 cm³/mol. The first-order valence-electron chi connectivity index (χ1n) is 8.77. The van der Waals surface area contributed by atoms with Crippen LogP contribution in [-0.2, 0) is 6.54 Å². The van der Waals surface area contributed by atoms with Crippen LogP contribution in [0.3, 0.4) is 0 Å². The average Bonchev–Trinajstić information content (AvgIpc) is 2.95. The summed E-state index contributed by atoms with van der Waals surface area (Å²) in [7, 11) is 0. The zero-order valence-electron chi connectivity index (χ0n) is 14.2. The number of nitrogens with one attached hydrogen (secondary N) is 1. The highest BCUT2D eigenvalue weighted by Gasteiger charge is 2.45.